The van der Waals surface area contributed by atoms with Gasteiger partial charge in [-0.1, -0.05) is 23.2 Å². The van der Waals surface area contributed by atoms with E-state index in [2.05, 4.69) is 5.32 Å². The molecule has 7 nitrogen and oxygen atoms in total. The zero-order valence-corrected chi connectivity index (χ0v) is 17.8. The van der Waals surface area contributed by atoms with Gasteiger partial charge in [0.25, 0.3) is 5.91 Å². The monoisotopic (exact) mass is 450 g/mol. The van der Waals surface area contributed by atoms with Gasteiger partial charge >= 0.3 is 0 Å². The number of rotatable bonds is 4. The van der Waals surface area contributed by atoms with E-state index in [0.717, 1.165) is 0 Å². The quantitative estimate of drug-likeness (QED) is 0.754. The molecule has 0 atom stereocenters. The summed E-state index contributed by atoms with van der Waals surface area (Å²) in [5, 5.41) is 3.49. The molecule has 0 aliphatic carbocycles. The number of piperidine rings is 1. The third kappa shape index (κ3) is 4.13. The van der Waals surface area contributed by atoms with Crippen LogP contribution in [0, 0.1) is 5.92 Å². The number of halogens is 2. The zero-order chi connectivity index (χ0) is 21.3. The minimum absolute atomic E-state index is 0.0727. The number of hydrogen-bond acceptors (Lipinski definition) is 5. The van der Waals surface area contributed by atoms with Crippen molar-refractivity contribution < 1.29 is 23.8 Å². The molecule has 0 bridgehead atoms. The van der Waals surface area contributed by atoms with E-state index >= 15 is 0 Å². The van der Waals surface area contributed by atoms with Crippen molar-refractivity contribution in [3.8, 4) is 17.2 Å². The van der Waals surface area contributed by atoms with Crippen LogP contribution in [0.3, 0.4) is 0 Å². The Morgan fingerprint density at radius 1 is 1.07 bits per heavy atom. The molecule has 2 aliphatic heterocycles. The van der Waals surface area contributed by atoms with Crippen LogP contribution in [0.25, 0.3) is 0 Å². The number of benzene rings is 2. The minimum Gasteiger partial charge on any atom is -0.494 e. The van der Waals surface area contributed by atoms with Crippen LogP contribution in [0.2, 0.25) is 10.0 Å². The molecule has 2 aromatic rings. The Bertz CT molecular complexity index is 966. The molecule has 0 saturated carbocycles. The van der Waals surface area contributed by atoms with Gasteiger partial charge in [-0.3, -0.25) is 9.59 Å². The van der Waals surface area contributed by atoms with Crippen LogP contribution in [-0.2, 0) is 4.79 Å². The highest BCUT2D eigenvalue weighted by Gasteiger charge is 2.29. The number of nitrogens with zero attached hydrogens (tertiary/aromatic N) is 1. The van der Waals surface area contributed by atoms with Gasteiger partial charge in [0.15, 0.2) is 17.2 Å². The first-order valence-electron chi connectivity index (χ1n) is 9.49. The number of likely N-dealkylation sites (tertiary alicyclic amines) is 1. The number of carbonyl (C=O) groups excluding carboxylic acids is 2. The summed E-state index contributed by atoms with van der Waals surface area (Å²) in [7, 11) is 1.47. The molecule has 1 saturated heterocycles. The van der Waals surface area contributed by atoms with Crippen LogP contribution in [-0.4, -0.2) is 43.7 Å². The van der Waals surface area contributed by atoms with Crippen molar-refractivity contribution in [1.82, 2.24) is 4.90 Å². The highest BCUT2D eigenvalue weighted by atomic mass is 35.5. The van der Waals surface area contributed by atoms with Crippen molar-refractivity contribution in [2.75, 3.05) is 32.3 Å². The summed E-state index contributed by atoms with van der Waals surface area (Å²) < 4.78 is 15.7. The van der Waals surface area contributed by atoms with Crippen LogP contribution in [0.5, 0.6) is 17.2 Å². The number of ether oxygens (including phenoxy) is 3. The minimum atomic E-state index is -0.178. The van der Waals surface area contributed by atoms with E-state index in [1.807, 2.05) is 0 Å². The molecular formula is C21H20Cl2N2O5. The third-order valence-corrected chi connectivity index (χ3v) is 5.80. The van der Waals surface area contributed by atoms with Crippen LogP contribution in [0.1, 0.15) is 23.2 Å². The topological polar surface area (TPSA) is 77.1 Å². The van der Waals surface area contributed by atoms with Crippen molar-refractivity contribution >= 4 is 40.7 Å². The maximum atomic E-state index is 12.8. The van der Waals surface area contributed by atoms with Gasteiger partial charge in [0.2, 0.25) is 12.7 Å². The number of nitrogens with one attached hydrogen (secondary N) is 1. The second-order valence-electron chi connectivity index (χ2n) is 7.10. The lowest BCUT2D eigenvalue weighted by Crippen LogP contribution is -2.41. The summed E-state index contributed by atoms with van der Waals surface area (Å²) in [5.41, 5.74) is 1.05. The summed E-state index contributed by atoms with van der Waals surface area (Å²) in [5.74, 6) is 1.20. The van der Waals surface area contributed by atoms with Crippen molar-refractivity contribution in [3.63, 3.8) is 0 Å². The van der Waals surface area contributed by atoms with Gasteiger partial charge in [-0.25, -0.2) is 0 Å². The Kier molecular flexibility index (Phi) is 5.92. The molecule has 1 fully saturated rings. The van der Waals surface area contributed by atoms with Crippen molar-refractivity contribution in [3.05, 3.63) is 45.9 Å². The second kappa shape index (κ2) is 8.62. The maximum Gasteiger partial charge on any atom is 0.253 e. The molecule has 1 N–H and O–H groups in total. The summed E-state index contributed by atoms with van der Waals surface area (Å²) in [6.07, 6.45) is 1.14. The van der Waals surface area contributed by atoms with Crippen LogP contribution in [0.4, 0.5) is 5.69 Å². The lowest BCUT2D eigenvalue weighted by molar-refractivity contribution is -0.121. The van der Waals surface area contributed by atoms with Gasteiger partial charge < -0.3 is 24.4 Å². The Morgan fingerprint density at radius 2 is 1.73 bits per heavy atom. The number of hydrogen-bond donors (Lipinski definition) is 1. The van der Waals surface area contributed by atoms with Crippen molar-refractivity contribution in [1.29, 1.82) is 0 Å². The zero-order valence-electron chi connectivity index (χ0n) is 16.2. The van der Waals surface area contributed by atoms with E-state index < -0.39 is 0 Å². The first-order chi connectivity index (χ1) is 14.5. The summed E-state index contributed by atoms with van der Waals surface area (Å²) in [6.45, 7) is 1.13. The standard InChI is InChI=1S/C21H20Cl2N2O5/c1-28-19-15(22)8-13(9-16(19)23)21(27)25-6-4-12(5-7-25)20(26)24-14-2-3-17-18(10-14)30-11-29-17/h2-3,8-10,12H,4-7,11H2,1H3,(H,24,26). The van der Waals surface area contributed by atoms with Crippen LogP contribution in [0.15, 0.2) is 30.3 Å². The predicted octanol–water partition coefficient (Wildman–Crippen LogP) is 4.22. The average Bonchev–Trinajstić information content (AvgIpc) is 3.21. The van der Waals surface area contributed by atoms with E-state index in [9.17, 15) is 9.59 Å². The van der Waals surface area contributed by atoms with Gasteiger partial charge in [-0.2, -0.15) is 0 Å². The SMILES string of the molecule is COc1c(Cl)cc(C(=O)N2CCC(C(=O)Nc3ccc4c(c3)OCO4)CC2)cc1Cl. The molecule has 2 heterocycles. The predicted molar refractivity (Wildman–Crippen MR) is 113 cm³/mol. The molecular weight excluding hydrogens is 431 g/mol. The van der Waals surface area contributed by atoms with Gasteiger partial charge in [0.05, 0.1) is 17.2 Å². The average molecular weight is 451 g/mol. The number of amides is 2. The van der Waals surface area contributed by atoms with E-state index in [1.165, 1.54) is 7.11 Å². The van der Waals surface area contributed by atoms with E-state index in [-0.39, 0.29) is 34.6 Å². The van der Waals surface area contributed by atoms with E-state index in [1.54, 1.807) is 35.2 Å². The van der Waals surface area contributed by atoms with E-state index in [4.69, 9.17) is 37.4 Å². The lowest BCUT2D eigenvalue weighted by Gasteiger charge is -2.31. The Labute approximate surface area is 183 Å². The fourth-order valence-corrected chi connectivity index (χ4v) is 4.27. The molecule has 158 valence electrons. The Balaban J connectivity index is 1.35. The van der Waals surface area contributed by atoms with Gasteiger partial charge in [-0.15, -0.1) is 0 Å². The fraction of sp³-hybridized carbons (Fsp3) is 0.333. The number of fused-ring (bicyclic) bond motifs is 1. The number of carbonyl (C=O) groups is 2. The molecule has 0 unspecified atom stereocenters. The van der Waals surface area contributed by atoms with Crippen LogP contribution >= 0.6 is 23.2 Å². The molecule has 0 aromatic heterocycles. The largest absolute Gasteiger partial charge is 0.494 e. The molecule has 0 spiro atoms. The Hall–Kier alpha value is -2.64. The molecule has 2 aromatic carbocycles. The molecule has 2 aliphatic rings. The van der Waals surface area contributed by atoms with Gasteiger partial charge in [0.1, 0.15) is 0 Å². The van der Waals surface area contributed by atoms with Gasteiger partial charge in [-0.05, 0) is 37.1 Å². The van der Waals surface area contributed by atoms with Gasteiger partial charge in [0, 0.05) is 36.3 Å². The summed E-state index contributed by atoms with van der Waals surface area (Å²) >= 11 is 12.3. The Morgan fingerprint density at radius 3 is 2.40 bits per heavy atom. The molecule has 0 radical (unpaired) electrons. The summed E-state index contributed by atoms with van der Waals surface area (Å²) in [6, 6.07) is 8.39. The lowest BCUT2D eigenvalue weighted by atomic mass is 9.95. The molecule has 30 heavy (non-hydrogen) atoms. The highest BCUT2D eigenvalue weighted by molar-refractivity contribution is 6.37. The highest BCUT2D eigenvalue weighted by Crippen LogP contribution is 2.35. The van der Waals surface area contributed by atoms with Crippen LogP contribution < -0.4 is 19.5 Å². The fourth-order valence-electron chi connectivity index (χ4n) is 3.62. The normalized spacial score (nSPS) is 15.8. The molecule has 4 rings (SSSR count). The van der Waals surface area contributed by atoms with E-state index in [0.29, 0.717) is 54.4 Å². The van der Waals surface area contributed by atoms with Crippen molar-refractivity contribution in [2.24, 2.45) is 5.92 Å². The first kappa shape index (κ1) is 20.6. The molecule has 9 heteroatoms. The smallest absolute Gasteiger partial charge is 0.253 e. The summed E-state index contributed by atoms with van der Waals surface area (Å²) in [4.78, 5) is 27.2. The molecule has 2 amide bonds. The third-order valence-electron chi connectivity index (χ3n) is 5.24. The maximum absolute atomic E-state index is 12.8. The van der Waals surface area contributed by atoms with Crippen molar-refractivity contribution in [2.45, 2.75) is 12.8 Å². The number of methoxy groups -OCH3 is 1. The number of anilines is 1. The second-order valence-corrected chi connectivity index (χ2v) is 7.91. The first-order valence-corrected chi connectivity index (χ1v) is 10.2.